The lowest BCUT2D eigenvalue weighted by atomic mass is 9.89. The number of hydrogen-bond acceptors (Lipinski definition) is 6. The summed E-state index contributed by atoms with van der Waals surface area (Å²) in [6.07, 6.45) is 0.792. The van der Waals surface area contributed by atoms with Gasteiger partial charge in [0.2, 0.25) is 23.6 Å². The molecule has 2 N–H and O–H groups in total. The van der Waals surface area contributed by atoms with Gasteiger partial charge < -0.3 is 14.8 Å². The van der Waals surface area contributed by atoms with Crippen LogP contribution in [-0.2, 0) is 4.79 Å². The lowest BCUT2D eigenvalue weighted by Gasteiger charge is -2.20. The molecule has 0 aliphatic carbocycles. The Morgan fingerprint density at radius 1 is 1.37 bits per heavy atom. The van der Waals surface area contributed by atoms with E-state index in [1.54, 1.807) is 6.07 Å². The Hall–Kier alpha value is -1.89. The van der Waals surface area contributed by atoms with E-state index in [0.29, 0.717) is 18.3 Å². The molecule has 104 valence electrons. The zero-order chi connectivity index (χ0) is 13.9. The van der Waals surface area contributed by atoms with Crippen molar-refractivity contribution in [3.63, 3.8) is 0 Å². The smallest absolute Gasteiger partial charge is 0.236 e. The molecule has 1 amide bonds. The van der Waals surface area contributed by atoms with Crippen molar-refractivity contribution in [1.29, 1.82) is 0 Å². The minimum absolute atomic E-state index is 0.104. The van der Waals surface area contributed by atoms with Gasteiger partial charge in [-0.25, -0.2) is 0 Å². The van der Waals surface area contributed by atoms with Gasteiger partial charge in [-0.2, -0.15) is 9.97 Å². The van der Waals surface area contributed by atoms with Crippen molar-refractivity contribution < 1.29 is 14.3 Å². The third-order valence-electron chi connectivity index (χ3n) is 3.24. The van der Waals surface area contributed by atoms with Crippen LogP contribution in [0, 0.1) is 5.41 Å². The number of aromatic nitrogens is 2. The fourth-order valence-electron chi connectivity index (χ4n) is 1.93. The van der Waals surface area contributed by atoms with Crippen LogP contribution in [0.3, 0.4) is 0 Å². The van der Waals surface area contributed by atoms with Crippen molar-refractivity contribution in [2.24, 2.45) is 5.41 Å². The van der Waals surface area contributed by atoms with E-state index < -0.39 is 5.41 Å². The summed E-state index contributed by atoms with van der Waals surface area (Å²) in [6.45, 7) is 3.41. The largest absolute Gasteiger partial charge is 0.481 e. The maximum atomic E-state index is 12.2. The van der Waals surface area contributed by atoms with E-state index in [4.69, 9.17) is 9.47 Å². The van der Waals surface area contributed by atoms with Gasteiger partial charge >= 0.3 is 0 Å². The number of ether oxygens (including phenoxy) is 2. The highest BCUT2D eigenvalue weighted by molar-refractivity contribution is 5.94. The Morgan fingerprint density at radius 3 is 2.47 bits per heavy atom. The molecular formula is C12H18N4O3. The average molecular weight is 266 g/mol. The van der Waals surface area contributed by atoms with Crippen LogP contribution in [0.4, 0.5) is 5.95 Å². The van der Waals surface area contributed by atoms with Crippen molar-refractivity contribution in [3.8, 4) is 11.8 Å². The maximum absolute atomic E-state index is 12.2. The highest BCUT2D eigenvalue weighted by atomic mass is 16.5. The maximum Gasteiger partial charge on any atom is 0.236 e. The number of rotatable bonds is 4. The summed E-state index contributed by atoms with van der Waals surface area (Å²) < 4.78 is 10.1. The number of anilines is 1. The lowest BCUT2D eigenvalue weighted by Crippen LogP contribution is -2.35. The molecule has 1 unspecified atom stereocenters. The molecule has 7 nitrogen and oxygen atoms in total. The van der Waals surface area contributed by atoms with Crippen molar-refractivity contribution >= 4 is 11.9 Å². The molecule has 1 aliphatic rings. The number of nitrogens with zero attached hydrogens (tertiary/aromatic N) is 2. The molecule has 1 aromatic rings. The molecule has 2 rings (SSSR count). The Labute approximate surface area is 111 Å². The van der Waals surface area contributed by atoms with Gasteiger partial charge in [-0.3, -0.25) is 10.1 Å². The fraction of sp³-hybridized carbons (Fsp3) is 0.583. The summed E-state index contributed by atoms with van der Waals surface area (Å²) in [6, 6.07) is 1.55. The Balaban J connectivity index is 2.16. The number of nitrogens with one attached hydrogen (secondary N) is 2. The van der Waals surface area contributed by atoms with E-state index in [0.717, 1.165) is 13.0 Å². The molecule has 1 aromatic heterocycles. The van der Waals surface area contributed by atoms with E-state index in [-0.39, 0.29) is 11.9 Å². The Kier molecular flexibility index (Phi) is 3.84. The molecule has 1 atom stereocenters. The van der Waals surface area contributed by atoms with Gasteiger partial charge in [0.15, 0.2) is 0 Å². The summed E-state index contributed by atoms with van der Waals surface area (Å²) in [4.78, 5) is 20.4. The molecule has 0 bridgehead atoms. The lowest BCUT2D eigenvalue weighted by molar-refractivity contribution is -0.123. The molecule has 0 saturated carbocycles. The normalized spacial score (nSPS) is 22.1. The van der Waals surface area contributed by atoms with Crippen LogP contribution >= 0.6 is 0 Å². The summed E-state index contributed by atoms with van der Waals surface area (Å²) in [7, 11) is 2.99. The molecule has 1 fully saturated rings. The topological polar surface area (TPSA) is 85.4 Å². The molecule has 19 heavy (non-hydrogen) atoms. The molecule has 2 heterocycles. The highest BCUT2D eigenvalue weighted by Crippen LogP contribution is 2.26. The number of amides is 1. The van der Waals surface area contributed by atoms with Crippen LogP contribution in [0.1, 0.15) is 13.3 Å². The monoisotopic (exact) mass is 266 g/mol. The van der Waals surface area contributed by atoms with Gasteiger partial charge in [0, 0.05) is 6.54 Å². The predicted molar refractivity (Wildman–Crippen MR) is 69.4 cm³/mol. The predicted octanol–water partition coefficient (Wildman–Crippen LogP) is 0.432. The van der Waals surface area contributed by atoms with Gasteiger partial charge in [0.1, 0.15) is 0 Å². The third-order valence-corrected chi connectivity index (χ3v) is 3.24. The first kappa shape index (κ1) is 13.5. The number of carbonyl (C=O) groups is 1. The van der Waals surface area contributed by atoms with Crippen LogP contribution in [0.2, 0.25) is 0 Å². The van der Waals surface area contributed by atoms with Crippen molar-refractivity contribution in [2.45, 2.75) is 13.3 Å². The third kappa shape index (κ3) is 2.93. The second-order valence-electron chi connectivity index (χ2n) is 4.72. The molecule has 0 aromatic carbocycles. The van der Waals surface area contributed by atoms with Crippen molar-refractivity contribution in [1.82, 2.24) is 15.3 Å². The summed E-state index contributed by atoms with van der Waals surface area (Å²) in [5, 5.41) is 5.89. The fourth-order valence-corrected chi connectivity index (χ4v) is 1.93. The molecule has 1 aliphatic heterocycles. The van der Waals surface area contributed by atoms with E-state index in [1.807, 2.05) is 6.92 Å². The van der Waals surface area contributed by atoms with Crippen LogP contribution in [0.25, 0.3) is 0 Å². The van der Waals surface area contributed by atoms with Gasteiger partial charge in [0.05, 0.1) is 25.7 Å². The Bertz CT molecular complexity index is 450. The van der Waals surface area contributed by atoms with Crippen LogP contribution in [-0.4, -0.2) is 43.2 Å². The summed E-state index contributed by atoms with van der Waals surface area (Å²) in [5.41, 5.74) is -0.431. The molecule has 1 saturated heterocycles. The number of carbonyl (C=O) groups excluding carboxylic acids is 1. The van der Waals surface area contributed by atoms with Gasteiger partial charge in [-0.1, -0.05) is 0 Å². The minimum atomic E-state index is -0.431. The van der Waals surface area contributed by atoms with Gasteiger partial charge in [-0.05, 0) is 19.9 Å². The zero-order valence-corrected chi connectivity index (χ0v) is 11.3. The van der Waals surface area contributed by atoms with E-state index in [9.17, 15) is 4.79 Å². The first-order valence-electron chi connectivity index (χ1n) is 6.06. The molecule has 0 spiro atoms. The van der Waals surface area contributed by atoms with E-state index in [2.05, 4.69) is 20.6 Å². The minimum Gasteiger partial charge on any atom is -0.481 e. The van der Waals surface area contributed by atoms with E-state index >= 15 is 0 Å². The second-order valence-corrected chi connectivity index (χ2v) is 4.72. The Morgan fingerprint density at radius 2 is 2.00 bits per heavy atom. The first-order chi connectivity index (χ1) is 9.07. The van der Waals surface area contributed by atoms with Gasteiger partial charge in [0.25, 0.3) is 0 Å². The van der Waals surface area contributed by atoms with Crippen molar-refractivity contribution in [3.05, 3.63) is 6.07 Å². The SMILES string of the molecule is COc1cc(OC)nc(NC(=O)C2(C)CCNC2)n1. The number of methoxy groups -OCH3 is 2. The average Bonchev–Trinajstić information content (AvgIpc) is 2.86. The van der Waals surface area contributed by atoms with Crippen molar-refractivity contribution in [2.75, 3.05) is 32.6 Å². The summed E-state index contributed by atoms with van der Waals surface area (Å²) in [5.74, 6) is 0.774. The summed E-state index contributed by atoms with van der Waals surface area (Å²) >= 11 is 0. The second kappa shape index (κ2) is 5.40. The number of hydrogen-bond donors (Lipinski definition) is 2. The molecular weight excluding hydrogens is 248 g/mol. The van der Waals surface area contributed by atoms with Crippen LogP contribution in [0.5, 0.6) is 11.8 Å². The zero-order valence-electron chi connectivity index (χ0n) is 11.3. The van der Waals surface area contributed by atoms with E-state index in [1.165, 1.54) is 14.2 Å². The molecule has 7 heteroatoms. The van der Waals surface area contributed by atoms with Crippen LogP contribution in [0.15, 0.2) is 6.07 Å². The standard InChI is InChI=1S/C12H18N4O3/c1-12(4-5-13-7-12)10(17)16-11-14-8(18-2)6-9(15-11)19-3/h6,13H,4-5,7H2,1-3H3,(H,14,15,16,17). The highest BCUT2D eigenvalue weighted by Gasteiger charge is 2.36. The first-order valence-corrected chi connectivity index (χ1v) is 6.06. The van der Waals surface area contributed by atoms with Crippen LogP contribution < -0.4 is 20.1 Å². The van der Waals surface area contributed by atoms with Gasteiger partial charge in [-0.15, -0.1) is 0 Å². The molecule has 0 radical (unpaired) electrons. The quantitative estimate of drug-likeness (QED) is 0.822.